The second kappa shape index (κ2) is 3.57. The fourth-order valence-corrected chi connectivity index (χ4v) is 1.48. The van der Waals surface area contributed by atoms with E-state index in [-0.39, 0.29) is 0 Å². The molecule has 1 saturated heterocycles. The molecule has 2 unspecified atom stereocenters. The summed E-state index contributed by atoms with van der Waals surface area (Å²) < 4.78 is 5.12. The van der Waals surface area contributed by atoms with Crippen molar-refractivity contribution in [2.45, 2.75) is 37.1 Å². The zero-order valence-electron chi connectivity index (χ0n) is 5.77. The Morgan fingerprint density at radius 2 is 2.44 bits per heavy atom. The average Bonchev–Trinajstić information content (AvgIpc) is 2.63. The van der Waals surface area contributed by atoms with Gasteiger partial charge in [-0.25, -0.2) is 0 Å². The zero-order chi connectivity index (χ0) is 6.69. The van der Waals surface area contributed by atoms with E-state index in [2.05, 4.69) is 22.9 Å². The summed E-state index contributed by atoms with van der Waals surface area (Å²) in [6.07, 6.45) is 4.41. The number of rotatable bonds is 4. The van der Waals surface area contributed by atoms with Crippen molar-refractivity contribution < 1.29 is 4.74 Å². The number of epoxide rings is 1. The molecule has 0 bridgehead atoms. The third-order valence-corrected chi connectivity index (χ3v) is 2.64. The van der Waals surface area contributed by atoms with Crippen molar-refractivity contribution in [2.75, 3.05) is 6.61 Å². The van der Waals surface area contributed by atoms with Crippen LogP contribution in [0.3, 0.4) is 0 Å². The molecule has 9 heavy (non-hydrogen) atoms. The van der Waals surface area contributed by atoms with E-state index in [1.807, 2.05) is 0 Å². The van der Waals surface area contributed by atoms with Gasteiger partial charge in [0.05, 0.1) is 12.7 Å². The predicted molar refractivity (Wildman–Crippen MR) is 42.0 cm³/mol. The van der Waals surface area contributed by atoms with Crippen LogP contribution in [0.1, 0.15) is 26.2 Å². The van der Waals surface area contributed by atoms with Gasteiger partial charge >= 0.3 is 0 Å². The van der Waals surface area contributed by atoms with Crippen LogP contribution in [0.5, 0.6) is 0 Å². The van der Waals surface area contributed by atoms with E-state index in [4.69, 9.17) is 4.74 Å². The Bertz CT molecular complexity index is 81.0. The second-order valence-electron chi connectivity index (χ2n) is 2.53. The van der Waals surface area contributed by atoms with Crippen LogP contribution in [-0.2, 0) is 4.74 Å². The van der Waals surface area contributed by atoms with E-state index in [1.54, 1.807) is 0 Å². The van der Waals surface area contributed by atoms with Crippen LogP contribution >= 0.6 is 15.9 Å². The molecule has 1 heterocycles. The van der Waals surface area contributed by atoms with E-state index < -0.39 is 0 Å². The minimum Gasteiger partial charge on any atom is -0.372 e. The summed E-state index contributed by atoms with van der Waals surface area (Å²) in [5, 5.41) is 0. The molecule has 1 aliphatic rings. The maximum atomic E-state index is 5.12. The number of hydrogen-bond acceptors (Lipinski definition) is 1. The molecule has 2 heteroatoms. The number of hydrogen-bond donors (Lipinski definition) is 0. The molecule has 0 amide bonds. The lowest BCUT2D eigenvalue weighted by Gasteiger charge is -2.02. The minimum absolute atomic E-state index is 0.538. The number of alkyl halides is 1. The Balaban J connectivity index is 1.96. The lowest BCUT2D eigenvalue weighted by atomic mass is 10.2. The first-order chi connectivity index (χ1) is 4.34. The Morgan fingerprint density at radius 3 is 2.89 bits per heavy atom. The van der Waals surface area contributed by atoms with Gasteiger partial charge in [-0.05, 0) is 6.42 Å². The molecule has 54 valence electrons. The molecule has 1 fully saturated rings. The van der Waals surface area contributed by atoms with Crippen molar-refractivity contribution in [3.05, 3.63) is 0 Å². The van der Waals surface area contributed by atoms with Gasteiger partial charge in [-0.1, -0.05) is 35.7 Å². The van der Waals surface area contributed by atoms with E-state index in [9.17, 15) is 0 Å². The molecule has 0 N–H and O–H groups in total. The second-order valence-corrected chi connectivity index (χ2v) is 3.71. The van der Waals surface area contributed by atoms with Gasteiger partial charge in [-0.15, -0.1) is 0 Å². The fourth-order valence-electron chi connectivity index (χ4n) is 0.849. The highest BCUT2D eigenvalue weighted by atomic mass is 79.9. The van der Waals surface area contributed by atoms with Crippen molar-refractivity contribution in [3.8, 4) is 0 Å². The molecule has 0 aliphatic carbocycles. The quantitative estimate of drug-likeness (QED) is 0.493. The van der Waals surface area contributed by atoms with Crippen molar-refractivity contribution >= 4 is 15.9 Å². The molecule has 0 saturated carbocycles. The van der Waals surface area contributed by atoms with Crippen LogP contribution in [-0.4, -0.2) is 17.5 Å². The highest BCUT2D eigenvalue weighted by Crippen LogP contribution is 2.24. The maximum absolute atomic E-state index is 5.12. The van der Waals surface area contributed by atoms with Gasteiger partial charge < -0.3 is 4.74 Å². The van der Waals surface area contributed by atoms with E-state index in [1.165, 1.54) is 19.3 Å². The van der Waals surface area contributed by atoms with E-state index in [0.29, 0.717) is 10.9 Å². The summed E-state index contributed by atoms with van der Waals surface area (Å²) in [7, 11) is 0. The van der Waals surface area contributed by atoms with Crippen LogP contribution in [0.15, 0.2) is 0 Å². The summed E-state index contributed by atoms with van der Waals surface area (Å²) in [4.78, 5) is 0.623. The van der Waals surface area contributed by atoms with Gasteiger partial charge in [0.1, 0.15) is 0 Å². The summed E-state index contributed by atoms with van der Waals surface area (Å²) in [6.45, 7) is 3.19. The van der Waals surface area contributed by atoms with Crippen molar-refractivity contribution in [1.82, 2.24) is 0 Å². The monoisotopic (exact) mass is 192 g/mol. The molecule has 1 aliphatic heterocycles. The van der Waals surface area contributed by atoms with Gasteiger partial charge in [-0.2, -0.15) is 0 Å². The molecular formula is C7H13BrO. The molecule has 1 rings (SSSR count). The number of unbranched alkanes of at least 4 members (excludes halogenated alkanes) is 1. The third-order valence-electron chi connectivity index (χ3n) is 1.60. The van der Waals surface area contributed by atoms with E-state index in [0.717, 1.165) is 6.61 Å². The summed E-state index contributed by atoms with van der Waals surface area (Å²) in [5.41, 5.74) is 0. The average molecular weight is 193 g/mol. The number of ether oxygens (including phenoxy) is 1. The van der Waals surface area contributed by atoms with Gasteiger partial charge in [-0.3, -0.25) is 0 Å². The normalized spacial score (nSPS) is 28.0. The molecule has 0 radical (unpaired) electrons. The van der Waals surface area contributed by atoms with Crippen molar-refractivity contribution in [2.24, 2.45) is 0 Å². The van der Waals surface area contributed by atoms with Gasteiger partial charge in [0.2, 0.25) is 0 Å². The molecule has 0 spiro atoms. The number of halogens is 1. The van der Waals surface area contributed by atoms with Gasteiger partial charge in [0, 0.05) is 4.83 Å². The smallest absolute Gasteiger partial charge is 0.0934 e. The Labute approximate surface area is 64.9 Å². The Kier molecular flexibility index (Phi) is 2.99. The topological polar surface area (TPSA) is 12.5 Å². The first-order valence-corrected chi connectivity index (χ1v) is 4.52. The third kappa shape index (κ3) is 2.67. The lowest BCUT2D eigenvalue weighted by molar-refractivity contribution is 0.397. The Hall–Kier alpha value is 0.440. The molecule has 0 aromatic carbocycles. The van der Waals surface area contributed by atoms with Crippen LogP contribution in [0.4, 0.5) is 0 Å². The summed E-state index contributed by atoms with van der Waals surface area (Å²) in [6, 6.07) is 0. The standard InChI is InChI=1S/C7H13BrO/c1-2-3-4-6(8)7-5-9-7/h6-7H,2-5H2,1H3. The van der Waals surface area contributed by atoms with E-state index >= 15 is 0 Å². The highest BCUT2D eigenvalue weighted by molar-refractivity contribution is 9.09. The first kappa shape index (κ1) is 7.55. The highest BCUT2D eigenvalue weighted by Gasteiger charge is 2.29. The maximum Gasteiger partial charge on any atom is 0.0934 e. The minimum atomic E-state index is 0.538. The summed E-state index contributed by atoms with van der Waals surface area (Å²) in [5.74, 6) is 0. The molecule has 0 aromatic heterocycles. The first-order valence-electron chi connectivity index (χ1n) is 3.60. The van der Waals surface area contributed by atoms with Crippen molar-refractivity contribution in [1.29, 1.82) is 0 Å². The van der Waals surface area contributed by atoms with Crippen LogP contribution < -0.4 is 0 Å². The van der Waals surface area contributed by atoms with Gasteiger partial charge in [0.25, 0.3) is 0 Å². The SMILES string of the molecule is CCCCC(Br)C1CO1. The van der Waals surface area contributed by atoms with Crippen molar-refractivity contribution in [3.63, 3.8) is 0 Å². The molecule has 1 nitrogen and oxygen atoms in total. The predicted octanol–water partition coefficient (Wildman–Crippen LogP) is 2.34. The van der Waals surface area contributed by atoms with Crippen LogP contribution in [0.25, 0.3) is 0 Å². The molecule has 2 atom stereocenters. The largest absolute Gasteiger partial charge is 0.372 e. The summed E-state index contributed by atoms with van der Waals surface area (Å²) >= 11 is 3.58. The zero-order valence-corrected chi connectivity index (χ0v) is 7.36. The van der Waals surface area contributed by atoms with Crippen LogP contribution in [0, 0.1) is 0 Å². The fraction of sp³-hybridized carbons (Fsp3) is 1.00. The Morgan fingerprint density at radius 1 is 1.78 bits per heavy atom. The van der Waals surface area contributed by atoms with Crippen LogP contribution in [0.2, 0.25) is 0 Å². The lowest BCUT2D eigenvalue weighted by Crippen LogP contribution is -2.05. The van der Waals surface area contributed by atoms with Gasteiger partial charge in [0.15, 0.2) is 0 Å². The molecular weight excluding hydrogens is 180 g/mol. The molecule has 0 aromatic rings.